The van der Waals surface area contributed by atoms with Gasteiger partial charge in [0.05, 0.1) is 0 Å². The first kappa shape index (κ1) is 16.7. The van der Waals surface area contributed by atoms with Gasteiger partial charge in [-0.1, -0.05) is 13.8 Å². The second-order valence-electron chi connectivity index (χ2n) is 2.64. The van der Waals surface area contributed by atoms with E-state index in [9.17, 15) is 19.2 Å². The van der Waals surface area contributed by atoms with Gasteiger partial charge in [0.1, 0.15) is 0 Å². The van der Waals surface area contributed by atoms with E-state index in [0.29, 0.717) is 0 Å². The minimum atomic E-state index is -0.562. The van der Waals surface area contributed by atoms with Crippen LogP contribution in [-0.2, 0) is 28.7 Å². The van der Waals surface area contributed by atoms with Crippen molar-refractivity contribution in [1.82, 2.24) is 0 Å². The Kier molecular flexibility index (Phi) is 10.3. The molecule has 0 fully saturated rings. The second kappa shape index (κ2) is 9.82. The normalized spacial score (nSPS) is 8.25. The third kappa shape index (κ3) is 14.8. The lowest BCUT2D eigenvalue weighted by molar-refractivity contribution is -0.160. The molecule has 0 aliphatic heterocycles. The van der Waals surface area contributed by atoms with Gasteiger partial charge < -0.3 is 9.47 Å². The maximum atomic E-state index is 10.3. The highest BCUT2D eigenvalue weighted by molar-refractivity contribution is 5.85. The molecule has 0 aliphatic rings. The van der Waals surface area contributed by atoms with Crippen LogP contribution in [0.15, 0.2) is 0 Å². The Morgan fingerprint density at radius 2 is 1.06 bits per heavy atom. The van der Waals surface area contributed by atoms with E-state index >= 15 is 0 Å². The summed E-state index contributed by atoms with van der Waals surface area (Å²) in [5.41, 5.74) is 0. The lowest BCUT2D eigenvalue weighted by Gasteiger charge is -1.95. The Labute approximate surface area is 93.9 Å². The first-order chi connectivity index (χ1) is 7.33. The molecule has 0 bridgehead atoms. The average Bonchev–Trinajstić information content (AvgIpc) is 2.16. The molecule has 0 heterocycles. The van der Waals surface area contributed by atoms with Gasteiger partial charge in [-0.2, -0.15) is 0 Å². The van der Waals surface area contributed by atoms with Gasteiger partial charge in [0.25, 0.3) is 0 Å². The van der Waals surface area contributed by atoms with E-state index in [1.165, 1.54) is 13.8 Å². The van der Waals surface area contributed by atoms with Crippen molar-refractivity contribution < 1.29 is 28.7 Å². The zero-order valence-corrected chi connectivity index (χ0v) is 9.86. The maximum Gasteiger partial charge on any atom is 0.313 e. The van der Waals surface area contributed by atoms with Crippen molar-refractivity contribution in [1.29, 1.82) is 0 Å². The highest BCUT2D eigenvalue weighted by atomic mass is 16.6. The summed E-state index contributed by atoms with van der Waals surface area (Å²) in [6.45, 7) is 5.65. The lowest BCUT2D eigenvalue weighted by Crippen LogP contribution is -2.09. The molecule has 0 rings (SSSR count). The van der Waals surface area contributed by atoms with Crippen LogP contribution in [0, 0.1) is 0 Å². The van der Waals surface area contributed by atoms with Crippen molar-refractivity contribution in [2.24, 2.45) is 0 Å². The summed E-state index contributed by atoms with van der Waals surface area (Å²) in [4.78, 5) is 40.3. The third-order valence-corrected chi connectivity index (χ3v) is 1.09. The number of rotatable bonds is 2. The number of esters is 4. The van der Waals surface area contributed by atoms with Gasteiger partial charge in [-0.3, -0.25) is 19.2 Å². The van der Waals surface area contributed by atoms with Crippen LogP contribution in [0.1, 0.15) is 40.5 Å². The van der Waals surface area contributed by atoms with Crippen molar-refractivity contribution >= 4 is 23.9 Å². The number of ether oxygens (including phenoxy) is 2. The summed E-state index contributed by atoms with van der Waals surface area (Å²) in [5.74, 6) is -2.04. The van der Waals surface area contributed by atoms with E-state index in [-0.39, 0.29) is 12.8 Å². The molecule has 0 atom stereocenters. The number of hydrogen-bond donors (Lipinski definition) is 0. The van der Waals surface area contributed by atoms with Crippen LogP contribution in [0.3, 0.4) is 0 Å². The molecule has 6 heteroatoms. The van der Waals surface area contributed by atoms with Crippen molar-refractivity contribution in [3.8, 4) is 0 Å². The maximum absolute atomic E-state index is 10.3. The van der Waals surface area contributed by atoms with Gasteiger partial charge in [-0.15, -0.1) is 0 Å². The van der Waals surface area contributed by atoms with Crippen LogP contribution in [0.4, 0.5) is 0 Å². The number of carbonyl (C=O) groups is 4. The molecule has 0 saturated carbocycles. The van der Waals surface area contributed by atoms with E-state index < -0.39 is 23.9 Å². The molecule has 6 nitrogen and oxygen atoms in total. The van der Waals surface area contributed by atoms with Gasteiger partial charge in [-0.25, -0.2) is 0 Å². The van der Waals surface area contributed by atoms with Crippen molar-refractivity contribution in [2.75, 3.05) is 0 Å². The molecule has 0 aliphatic carbocycles. The van der Waals surface area contributed by atoms with Gasteiger partial charge >= 0.3 is 23.9 Å². The molecule has 0 aromatic heterocycles. The second-order valence-corrected chi connectivity index (χ2v) is 2.64. The monoisotopic (exact) mass is 232 g/mol. The molecule has 16 heavy (non-hydrogen) atoms. The van der Waals surface area contributed by atoms with E-state index in [4.69, 9.17) is 0 Å². The topological polar surface area (TPSA) is 86.7 Å². The molecule has 0 radical (unpaired) electrons. The predicted molar refractivity (Wildman–Crippen MR) is 54.1 cm³/mol. The Morgan fingerprint density at radius 1 is 0.750 bits per heavy atom. The molecule has 0 spiro atoms. The molecule has 92 valence electrons. The van der Waals surface area contributed by atoms with E-state index in [2.05, 4.69) is 9.47 Å². The Morgan fingerprint density at radius 3 is 1.19 bits per heavy atom. The Hall–Kier alpha value is -1.72. The first-order valence-electron chi connectivity index (χ1n) is 4.75. The first-order valence-corrected chi connectivity index (χ1v) is 4.75. The van der Waals surface area contributed by atoms with Crippen molar-refractivity contribution in [3.05, 3.63) is 0 Å². The molecule has 0 saturated heterocycles. The van der Waals surface area contributed by atoms with Gasteiger partial charge in [0, 0.05) is 26.7 Å². The smallest absolute Gasteiger partial charge is 0.313 e. The third-order valence-electron chi connectivity index (χ3n) is 1.09. The van der Waals surface area contributed by atoms with Crippen LogP contribution in [-0.4, -0.2) is 23.9 Å². The summed E-state index contributed by atoms with van der Waals surface area (Å²) < 4.78 is 8.24. The van der Waals surface area contributed by atoms with E-state index in [1.54, 1.807) is 13.8 Å². The number of carbonyl (C=O) groups excluding carboxylic acids is 4. The number of hydrogen-bond acceptors (Lipinski definition) is 6. The van der Waals surface area contributed by atoms with E-state index in [0.717, 1.165) is 0 Å². The van der Waals surface area contributed by atoms with Crippen molar-refractivity contribution in [2.45, 2.75) is 40.5 Å². The zero-order valence-electron chi connectivity index (χ0n) is 9.86. The fourth-order valence-electron chi connectivity index (χ4n) is 0.474. The molecule has 0 amide bonds. The van der Waals surface area contributed by atoms with Gasteiger partial charge in [0.2, 0.25) is 0 Å². The minimum Gasteiger partial charge on any atom is -0.394 e. The Bertz CT molecular complexity index is 242. The minimum absolute atomic E-state index is 0.256. The van der Waals surface area contributed by atoms with Crippen LogP contribution in [0.2, 0.25) is 0 Å². The molecular formula is C10H16O6. The van der Waals surface area contributed by atoms with E-state index in [1.807, 2.05) is 0 Å². The van der Waals surface area contributed by atoms with Crippen LogP contribution >= 0.6 is 0 Å². The van der Waals surface area contributed by atoms with Gasteiger partial charge in [0.15, 0.2) is 0 Å². The largest absolute Gasteiger partial charge is 0.394 e. The molecule has 0 aromatic carbocycles. The summed E-state index contributed by atoms with van der Waals surface area (Å²) in [6, 6.07) is 0. The van der Waals surface area contributed by atoms with Crippen LogP contribution < -0.4 is 0 Å². The summed E-state index contributed by atoms with van der Waals surface area (Å²) >= 11 is 0. The average molecular weight is 232 g/mol. The molecular weight excluding hydrogens is 216 g/mol. The van der Waals surface area contributed by atoms with Gasteiger partial charge in [-0.05, 0) is 0 Å². The SMILES string of the molecule is CC(=O)OC(C)=O.CCC(=O)OC(=O)CC. The summed E-state index contributed by atoms with van der Waals surface area (Å²) in [6.07, 6.45) is 0.511. The highest BCUT2D eigenvalue weighted by Crippen LogP contribution is 1.88. The zero-order chi connectivity index (χ0) is 13.1. The van der Waals surface area contributed by atoms with Crippen molar-refractivity contribution in [3.63, 3.8) is 0 Å². The van der Waals surface area contributed by atoms with Crippen LogP contribution in [0.25, 0.3) is 0 Å². The highest BCUT2D eigenvalue weighted by Gasteiger charge is 2.03. The summed E-state index contributed by atoms with van der Waals surface area (Å²) in [7, 11) is 0. The standard InChI is InChI=1S/C6H10O3.C4H6O3/c1-3-5(7)9-6(8)4-2;1-3(5)7-4(2)6/h3-4H2,1-2H3;1-2H3. The quantitative estimate of drug-likeness (QED) is 0.520. The predicted octanol–water partition coefficient (Wildman–Crippen LogP) is 0.972. The Balaban J connectivity index is 0. The molecule has 0 unspecified atom stereocenters. The summed E-state index contributed by atoms with van der Waals surface area (Å²) in [5, 5.41) is 0. The lowest BCUT2D eigenvalue weighted by atomic mass is 10.5. The fraction of sp³-hybridized carbons (Fsp3) is 0.600. The fourth-order valence-corrected chi connectivity index (χ4v) is 0.474. The molecule has 0 N–H and O–H groups in total. The van der Waals surface area contributed by atoms with Crippen LogP contribution in [0.5, 0.6) is 0 Å². The molecule has 0 aromatic rings.